The highest BCUT2D eigenvalue weighted by Gasteiger charge is 2.38. The number of rotatable bonds is 4. The highest BCUT2D eigenvalue weighted by Crippen LogP contribution is 2.47. The van der Waals surface area contributed by atoms with Crippen molar-refractivity contribution in [1.82, 2.24) is 15.2 Å². The number of carbonyl (C=O) groups is 1. The highest BCUT2D eigenvalue weighted by atomic mass is 16.2. The summed E-state index contributed by atoms with van der Waals surface area (Å²) in [5.74, 6) is 3.08. The largest absolute Gasteiger partial charge is 0.338 e. The number of likely N-dealkylation sites (tertiary alicyclic amines) is 1. The van der Waals surface area contributed by atoms with Crippen LogP contribution in [0.5, 0.6) is 0 Å². The summed E-state index contributed by atoms with van der Waals surface area (Å²) in [5, 5.41) is 3.83. The lowest BCUT2D eigenvalue weighted by molar-refractivity contribution is 0.0703. The van der Waals surface area contributed by atoms with E-state index in [2.05, 4.69) is 10.3 Å². The van der Waals surface area contributed by atoms with Crippen LogP contribution in [0.1, 0.15) is 55.3 Å². The van der Waals surface area contributed by atoms with Gasteiger partial charge < -0.3 is 10.2 Å². The molecule has 1 N–H and O–H groups in total. The molecule has 3 aliphatic rings. The third kappa shape index (κ3) is 3.34. The second-order valence-corrected chi connectivity index (χ2v) is 7.91. The Morgan fingerprint density at radius 1 is 1.17 bits per heavy atom. The van der Waals surface area contributed by atoms with Crippen molar-refractivity contribution >= 4 is 5.91 Å². The summed E-state index contributed by atoms with van der Waals surface area (Å²) >= 11 is 0. The van der Waals surface area contributed by atoms with Crippen molar-refractivity contribution in [3.8, 4) is 0 Å². The van der Waals surface area contributed by atoms with Crippen molar-refractivity contribution in [2.24, 2.45) is 17.8 Å². The van der Waals surface area contributed by atoms with Crippen molar-refractivity contribution in [2.75, 3.05) is 19.6 Å². The van der Waals surface area contributed by atoms with Crippen molar-refractivity contribution < 1.29 is 4.79 Å². The zero-order chi connectivity index (χ0) is 16.4. The van der Waals surface area contributed by atoms with E-state index in [4.69, 9.17) is 0 Å². The normalized spacial score (nSPS) is 30.5. The Kier molecular flexibility index (Phi) is 4.83. The zero-order valence-electron chi connectivity index (χ0n) is 14.5. The summed E-state index contributed by atoms with van der Waals surface area (Å²) in [7, 11) is 0. The van der Waals surface area contributed by atoms with Crippen molar-refractivity contribution in [1.29, 1.82) is 0 Å². The highest BCUT2D eigenvalue weighted by molar-refractivity contribution is 5.93. The van der Waals surface area contributed by atoms with Gasteiger partial charge in [0, 0.05) is 31.5 Å². The van der Waals surface area contributed by atoms with Crippen LogP contribution in [0.25, 0.3) is 0 Å². The van der Waals surface area contributed by atoms with Crippen molar-refractivity contribution in [2.45, 2.75) is 51.0 Å². The van der Waals surface area contributed by atoms with Gasteiger partial charge in [-0.15, -0.1) is 0 Å². The summed E-state index contributed by atoms with van der Waals surface area (Å²) in [6.07, 6.45) is 12.8. The molecule has 24 heavy (non-hydrogen) atoms. The van der Waals surface area contributed by atoms with Gasteiger partial charge in [-0.25, -0.2) is 0 Å². The Bertz CT molecular complexity index is 553. The average Bonchev–Trinajstić information content (AvgIpc) is 3.25. The second-order valence-electron chi connectivity index (χ2n) is 7.91. The molecular weight excluding hydrogens is 298 g/mol. The molecule has 0 aromatic carbocycles. The maximum Gasteiger partial charge on any atom is 0.255 e. The molecule has 1 amide bonds. The molecule has 4 heteroatoms. The molecule has 1 saturated heterocycles. The molecule has 2 saturated carbocycles. The van der Waals surface area contributed by atoms with Crippen molar-refractivity contribution in [3.05, 3.63) is 30.1 Å². The first-order chi connectivity index (χ1) is 11.8. The molecule has 4 nitrogen and oxygen atoms in total. The molecule has 0 radical (unpaired) electrons. The van der Waals surface area contributed by atoms with E-state index in [0.29, 0.717) is 11.6 Å². The molecule has 0 spiro atoms. The van der Waals surface area contributed by atoms with Gasteiger partial charge in [-0.1, -0.05) is 12.8 Å². The van der Waals surface area contributed by atoms with Crippen LogP contribution in [0.15, 0.2) is 24.5 Å². The Balaban J connectivity index is 1.23. The topological polar surface area (TPSA) is 45.2 Å². The molecule has 2 aliphatic carbocycles. The van der Waals surface area contributed by atoms with Gasteiger partial charge in [-0.05, 0) is 68.5 Å². The van der Waals surface area contributed by atoms with Crippen molar-refractivity contribution in [3.63, 3.8) is 0 Å². The molecule has 130 valence electrons. The van der Waals surface area contributed by atoms with Crippen LogP contribution >= 0.6 is 0 Å². The molecule has 1 aromatic rings. The number of pyridine rings is 1. The summed E-state index contributed by atoms with van der Waals surface area (Å²) in [4.78, 5) is 18.5. The number of hydrogen-bond donors (Lipinski definition) is 1. The minimum atomic E-state index is 0.131. The molecule has 0 unspecified atom stereocenters. The van der Waals surface area contributed by atoms with Crippen LogP contribution < -0.4 is 5.32 Å². The van der Waals surface area contributed by atoms with Gasteiger partial charge in [0.25, 0.3) is 5.91 Å². The molecular formula is C20H29N3O. The number of aromatic nitrogens is 1. The van der Waals surface area contributed by atoms with E-state index in [1.54, 1.807) is 12.4 Å². The molecule has 3 fully saturated rings. The van der Waals surface area contributed by atoms with Gasteiger partial charge in [-0.3, -0.25) is 9.78 Å². The lowest BCUT2D eigenvalue weighted by Gasteiger charge is -2.33. The number of fused-ring (bicyclic) bond motifs is 1. The fourth-order valence-corrected chi connectivity index (χ4v) is 5.22. The average molecular weight is 327 g/mol. The number of amides is 1. The van der Waals surface area contributed by atoms with Gasteiger partial charge in [-0.2, -0.15) is 0 Å². The van der Waals surface area contributed by atoms with Crippen LogP contribution in [-0.2, 0) is 0 Å². The Hall–Kier alpha value is -1.42. The standard InChI is InChI=1S/C20H29N3O/c24-20(17-4-2-10-21-13-17)23-11-8-18(9-12-23)22-14-16-7-6-15-3-1-5-19(15)16/h2,4,10,13,15-16,18-19,22H,1,3,5-9,11-12,14H2/t15-,16+,19-/m0/s1. The third-order valence-corrected chi connectivity index (χ3v) is 6.59. The number of piperidine rings is 1. The summed E-state index contributed by atoms with van der Waals surface area (Å²) in [6, 6.07) is 4.28. The van der Waals surface area contributed by atoms with E-state index in [-0.39, 0.29) is 5.91 Å². The third-order valence-electron chi connectivity index (χ3n) is 6.59. The number of hydrogen-bond acceptors (Lipinski definition) is 3. The lowest BCUT2D eigenvalue weighted by Crippen LogP contribution is -2.46. The molecule has 0 bridgehead atoms. The number of nitrogens with one attached hydrogen (secondary N) is 1. The van der Waals surface area contributed by atoms with E-state index in [9.17, 15) is 4.79 Å². The predicted molar refractivity (Wildman–Crippen MR) is 94.7 cm³/mol. The van der Waals surface area contributed by atoms with Gasteiger partial charge in [0.1, 0.15) is 0 Å². The zero-order valence-corrected chi connectivity index (χ0v) is 14.5. The van der Waals surface area contributed by atoms with E-state index in [1.807, 2.05) is 17.0 Å². The van der Waals surface area contributed by atoms with Crippen LogP contribution in [0, 0.1) is 17.8 Å². The quantitative estimate of drug-likeness (QED) is 0.924. The van der Waals surface area contributed by atoms with E-state index in [0.717, 1.165) is 43.7 Å². The molecule has 2 heterocycles. The first kappa shape index (κ1) is 16.1. The van der Waals surface area contributed by atoms with E-state index >= 15 is 0 Å². The van der Waals surface area contributed by atoms with Crippen LogP contribution in [0.2, 0.25) is 0 Å². The summed E-state index contributed by atoms with van der Waals surface area (Å²) < 4.78 is 0. The lowest BCUT2D eigenvalue weighted by atomic mass is 9.91. The summed E-state index contributed by atoms with van der Waals surface area (Å²) in [5.41, 5.74) is 0.710. The minimum absolute atomic E-state index is 0.131. The van der Waals surface area contributed by atoms with Gasteiger partial charge in [0.15, 0.2) is 0 Å². The van der Waals surface area contributed by atoms with E-state index < -0.39 is 0 Å². The monoisotopic (exact) mass is 327 g/mol. The SMILES string of the molecule is O=C(c1cccnc1)N1CCC(NC[C@H]2CC[C@@H]3CCC[C@@H]32)CC1. The molecule has 1 aromatic heterocycles. The predicted octanol–water partition coefficient (Wildman–Crippen LogP) is 3.10. The first-order valence-corrected chi connectivity index (χ1v) is 9.74. The Labute approximate surface area is 145 Å². The second kappa shape index (κ2) is 7.22. The Morgan fingerprint density at radius 2 is 2.04 bits per heavy atom. The number of nitrogens with zero attached hydrogens (tertiary/aromatic N) is 2. The molecule has 4 rings (SSSR count). The van der Waals surface area contributed by atoms with Gasteiger partial charge >= 0.3 is 0 Å². The Morgan fingerprint density at radius 3 is 2.83 bits per heavy atom. The van der Waals surface area contributed by atoms with Gasteiger partial charge in [0.2, 0.25) is 0 Å². The summed E-state index contributed by atoms with van der Waals surface area (Å²) in [6.45, 7) is 2.92. The fraction of sp³-hybridized carbons (Fsp3) is 0.700. The maximum atomic E-state index is 12.5. The minimum Gasteiger partial charge on any atom is -0.338 e. The van der Waals surface area contributed by atoms with E-state index in [1.165, 1.54) is 38.6 Å². The van der Waals surface area contributed by atoms with Crippen LogP contribution in [0.4, 0.5) is 0 Å². The first-order valence-electron chi connectivity index (χ1n) is 9.74. The molecule has 1 aliphatic heterocycles. The smallest absolute Gasteiger partial charge is 0.255 e. The van der Waals surface area contributed by atoms with Crippen LogP contribution in [0.3, 0.4) is 0 Å². The fourth-order valence-electron chi connectivity index (χ4n) is 5.22. The maximum absolute atomic E-state index is 12.5. The van der Waals surface area contributed by atoms with Gasteiger partial charge in [0.05, 0.1) is 5.56 Å². The van der Waals surface area contributed by atoms with Crippen LogP contribution in [-0.4, -0.2) is 41.5 Å². The number of carbonyl (C=O) groups excluding carboxylic acids is 1. The molecule has 3 atom stereocenters.